The predicted octanol–water partition coefficient (Wildman–Crippen LogP) is -3.64. The number of aliphatic hydroxyl groups is 4. The van der Waals surface area contributed by atoms with Crippen LogP contribution in [0.15, 0.2) is 0 Å². The Hall–Kier alpha value is -0.930. The van der Waals surface area contributed by atoms with Gasteiger partial charge in [-0.1, -0.05) is 0 Å². The van der Waals surface area contributed by atoms with Crippen molar-refractivity contribution < 1.29 is 34.7 Å². The van der Waals surface area contributed by atoms with E-state index >= 15 is 0 Å². The number of hydrogen-bond donors (Lipinski definition) is 9. The van der Waals surface area contributed by atoms with Crippen LogP contribution in [0.2, 0.25) is 0 Å². The maximum absolute atomic E-state index is 12.4. The average Bonchev–Trinajstić information content (AvgIpc) is 2.69. The molecule has 0 radical (unpaired) electrons. The first-order valence-corrected chi connectivity index (χ1v) is 11.9. The molecule has 3 rings (SSSR count). The first-order chi connectivity index (χ1) is 15.6. The summed E-state index contributed by atoms with van der Waals surface area (Å²) in [5.74, 6) is -0.487. The minimum absolute atomic E-state index is 0.182. The molecule has 1 aliphatic heterocycles. The minimum atomic E-state index is -1.45. The molecule has 0 bridgehead atoms. The molecule has 6 unspecified atom stereocenters. The maximum atomic E-state index is 12.4. The van der Waals surface area contributed by atoms with Gasteiger partial charge in [0.05, 0.1) is 24.4 Å². The Balaban J connectivity index is 1.45. The Labute approximate surface area is 194 Å². The van der Waals surface area contributed by atoms with Gasteiger partial charge in [0.25, 0.3) is 5.91 Å². The van der Waals surface area contributed by atoms with Crippen LogP contribution >= 0.6 is 0 Å². The molecule has 8 atom stereocenters. The highest BCUT2D eigenvalue weighted by Gasteiger charge is 2.48. The van der Waals surface area contributed by atoms with E-state index in [4.69, 9.17) is 26.7 Å². The monoisotopic (exact) mass is 475 g/mol. The zero-order chi connectivity index (χ0) is 24.2. The zero-order valence-corrected chi connectivity index (χ0v) is 19.0. The number of carbonyl (C=O) groups excluding carboxylic acids is 1. The topological polar surface area (TPSA) is 219 Å². The second-order valence-electron chi connectivity index (χ2n) is 9.88. The van der Waals surface area contributed by atoms with Gasteiger partial charge in [0.1, 0.15) is 11.7 Å². The summed E-state index contributed by atoms with van der Waals surface area (Å²) in [4.78, 5) is 12.4. The number of carbonyl (C=O) groups is 1. The van der Waals surface area contributed by atoms with Gasteiger partial charge in [0, 0.05) is 56.9 Å². The van der Waals surface area contributed by atoms with Crippen LogP contribution in [-0.2, 0) is 14.3 Å². The molecule has 0 aromatic heterocycles. The number of aliphatic hydroxyl groups excluding tert-OH is 3. The van der Waals surface area contributed by atoms with E-state index in [2.05, 4.69) is 10.6 Å². The van der Waals surface area contributed by atoms with E-state index in [1.54, 1.807) is 0 Å². The molecule has 12 N–H and O–H groups in total. The van der Waals surface area contributed by atoms with Crippen molar-refractivity contribution in [1.29, 1.82) is 0 Å². The summed E-state index contributed by atoms with van der Waals surface area (Å²) in [6, 6.07) is -1.14. The lowest BCUT2D eigenvalue weighted by atomic mass is 9.75. The fourth-order valence-electron chi connectivity index (χ4n) is 4.94. The molecule has 1 amide bonds. The SMILES string of the molecule is NCCC(O)CNCC1CC(O)C[C@@H](O[C@@H]2C(N)CC(NC(=O)C3(O)CC(N)C3)CC2O)O1. The van der Waals surface area contributed by atoms with Crippen molar-refractivity contribution >= 4 is 5.91 Å². The summed E-state index contributed by atoms with van der Waals surface area (Å²) >= 11 is 0. The van der Waals surface area contributed by atoms with Crippen LogP contribution in [0.25, 0.3) is 0 Å². The van der Waals surface area contributed by atoms with Crippen molar-refractivity contribution in [3.05, 3.63) is 0 Å². The third-order valence-electron chi connectivity index (χ3n) is 6.75. The van der Waals surface area contributed by atoms with E-state index in [0.717, 1.165) is 0 Å². The second kappa shape index (κ2) is 11.7. The van der Waals surface area contributed by atoms with Crippen molar-refractivity contribution in [2.75, 3.05) is 19.6 Å². The number of amides is 1. The summed E-state index contributed by atoms with van der Waals surface area (Å²) in [5, 5.41) is 46.8. The summed E-state index contributed by atoms with van der Waals surface area (Å²) < 4.78 is 11.9. The number of ether oxygens (including phenoxy) is 2. The molecule has 0 aromatic rings. The smallest absolute Gasteiger partial charge is 0.252 e. The molecule has 3 aliphatic rings. The summed E-state index contributed by atoms with van der Waals surface area (Å²) in [5.41, 5.74) is 15.9. The number of nitrogens with two attached hydrogens (primary N) is 3. The van der Waals surface area contributed by atoms with E-state index < -0.39 is 54.3 Å². The largest absolute Gasteiger partial charge is 0.393 e. The molecule has 12 nitrogen and oxygen atoms in total. The molecule has 0 spiro atoms. The van der Waals surface area contributed by atoms with Gasteiger partial charge in [-0.15, -0.1) is 0 Å². The Kier molecular flexibility index (Phi) is 9.43. The summed E-state index contributed by atoms with van der Waals surface area (Å²) in [7, 11) is 0. The van der Waals surface area contributed by atoms with Gasteiger partial charge in [-0.2, -0.15) is 0 Å². The van der Waals surface area contributed by atoms with E-state index in [1.807, 2.05) is 0 Å². The van der Waals surface area contributed by atoms with Crippen LogP contribution < -0.4 is 27.8 Å². The van der Waals surface area contributed by atoms with E-state index in [1.165, 1.54) is 0 Å². The normalized spacial score (nSPS) is 42.4. The molecule has 1 saturated heterocycles. The van der Waals surface area contributed by atoms with Gasteiger partial charge in [0.15, 0.2) is 6.29 Å². The van der Waals surface area contributed by atoms with Crippen LogP contribution in [0.3, 0.4) is 0 Å². The van der Waals surface area contributed by atoms with Crippen LogP contribution in [-0.4, -0.2) is 107 Å². The van der Waals surface area contributed by atoms with Crippen LogP contribution in [0.5, 0.6) is 0 Å². The van der Waals surface area contributed by atoms with Crippen LogP contribution in [0.1, 0.15) is 44.9 Å². The Bertz CT molecular complexity index is 626. The molecular formula is C21H41N5O7. The van der Waals surface area contributed by atoms with Crippen molar-refractivity contribution in [2.24, 2.45) is 17.2 Å². The Morgan fingerprint density at radius 1 is 1.18 bits per heavy atom. The first kappa shape index (κ1) is 26.7. The third-order valence-corrected chi connectivity index (χ3v) is 6.75. The molecular weight excluding hydrogens is 434 g/mol. The Morgan fingerprint density at radius 2 is 1.91 bits per heavy atom. The van der Waals surface area contributed by atoms with Crippen molar-refractivity contribution in [1.82, 2.24) is 10.6 Å². The number of hydrogen-bond acceptors (Lipinski definition) is 11. The minimum Gasteiger partial charge on any atom is -0.393 e. The zero-order valence-electron chi connectivity index (χ0n) is 19.0. The standard InChI is InChI=1S/C21H41N5O7/c22-2-1-13(27)9-25-10-15-5-14(28)6-18(32-15)33-19-16(24)3-12(4-17(19)29)26-20(30)21(31)7-11(23)8-21/h11-19,25,27-29,31H,1-10,22-24H2,(H,26,30)/t11?,12?,13?,14?,15?,16?,17?,18-,19-,21?/m1/s1. The van der Waals surface area contributed by atoms with Crippen LogP contribution in [0, 0.1) is 0 Å². The average molecular weight is 476 g/mol. The highest BCUT2D eigenvalue weighted by Crippen LogP contribution is 2.32. The van der Waals surface area contributed by atoms with Crippen molar-refractivity contribution in [3.63, 3.8) is 0 Å². The van der Waals surface area contributed by atoms with Gasteiger partial charge in [-0.3, -0.25) is 4.79 Å². The molecule has 2 aliphatic carbocycles. The molecule has 0 aromatic carbocycles. The first-order valence-electron chi connectivity index (χ1n) is 11.9. The molecule has 192 valence electrons. The summed E-state index contributed by atoms with van der Waals surface area (Å²) in [6.45, 7) is 1.21. The van der Waals surface area contributed by atoms with E-state index in [-0.39, 0.29) is 37.8 Å². The molecule has 1 heterocycles. The fraction of sp³-hybridized carbons (Fsp3) is 0.952. The highest BCUT2D eigenvalue weighted by atomic mass is 16.7. The Morgan fingerprint density at radius 3 is 2.55 bits per heavy atom. The van der Waals surface area contributed by atoms with Gasteiger partial charge in [0.2, 0.25) is 0 Å². The number of rotatable bonds is 10. The molecule has 33 heavy (non-hydrogen) atoms. The predicted molar refractivity (Wildman–Crippen MR) is 119 cm³/mol. The van der Waals surface area contributed by atoms with Gasteiger partial charge < -0.3 is 57.7 Å². The third kappa shape index (κ3) is 7.28. The molecule has 2 saturated carbocycles. The second-order valence-corrected chi connectivity index (χ2v) is 9.88. The van der Waals surface area contributed by atoms with Crippen LogP contribution in [0.4, 0.5) is 0 Å². The maximum Gasteiger partial charge on any atom is 0.252 e. The van der Waals surface area contributed by atoms with Crippen molar-refractivity contribution in [3.8, 4) is 0 Å². The highest BCUT2D eigenvalue weighted by molar-refractivity contribution is 5.86. The van der Waals surface area contributed by atoms with E-state index in [0.29, 0.717) is 38.9 Å². The van der Waals surface area contributed by atoms with E-state index in [9.17, 15) is 25.2 Å². The van der Waals surface area contributed by atoms with Gasteiger partial charge in [-0.25, -0.2) is 0 Å². The molecule has 12 heteroatoms. The lowest BCUT2D eigenvalue weighted by Gasteiger charge is -2.44. The number of nitrogens with one attached hydrogen (secondary N) is 2. The molecule has 3 fully saturated rings. The lowest BCUT2D eigenvalue weighted by molar-refractivity contribution is -0.251. The quantitative estimate of drug-likeness (QED) is 0.150. The van der Waals surface area contributed by atoms with Gasteiger partial charge >= 0.3 is 0 Å². The fourth-order valence-corrected chi connectivity index (χ4v) is 4.94. The summed E-state index contributed by atoms with van der Waals surface area (Å²) in [6.07, 6.45) is -1.65. The van der Waals surface area contributed by atoms with Crippen molar-refractivity contribution in [2.45, 2.75) is 105 Å². The van der Waals surface area contributed by atoms with Gasteiger partial charge in [-0.05, 0) is 25.8 Å². The lowest BCUT2D eigenvalue weighted by Crippen LogP contribution is -2.64.